The normalized spacial score (nSPS) is 12.2. The molecule has 0 bridgehead atoms. The van der Waals surface area contributed by atoms with Crippen molar-refractivity contribution < 1.29 is 9.53 Å². The average molecular weight is 207 g/mol. The fraction of sp³-hybridized carbons (Fsp3) is 0.417. The molecule has 0 aliphatic carbocycles. The van der Waals surface area contributed by atoms with Crippen LogP contribution in [0.2, 0.25) is 0 Å². The first-order chi connectivity index (χ1) is 7.20. The van der Waals surface area contributed by atoms with Crippen molar-refractivity contribution in [1.29, 1.82) is 0 Å². The number of para-hydroxylation sites is 1. The highest BCUT2D eigenvalue weighted by atomic mass is 16.5. The van der Waals surface area contributed by atoms with Crippen molar-refractivity contribution >= 4 is 11.6 Å². The van der Waals surface area contributed by atoms with E-state index in [1.807, 2.05) is 37.3 Å². The van der Waals surface area contributed by atoms with Crippen molar-refractivity contribution in [1.82, 2.24) is 0 Å². The molecule has 0 aromatic heterocycles. The van der Waals surface area contributed by atoms with Gasteiger partial charge in [0.2, 0.25) is 5.91 Å². The van der Waals surface area contributed by atoms with E-state index in [2.05, 4.69) is 0 Å². The predicted octanol–water partition coefficient (Wildman–Crippen LogP) is 2.42. The average Bonchev–Trinajstić information content (AvgIpc) is 2.26. The second-order valence-corrected chi connectivity index (χ2v) is 3.32. The lowest BCUT2D eigenvalue weighted by Crippen LogP contribution is -2.39. The van der Waals surface area contributed by atoms with Crippen molar-refractivity contribution in [2.75, 3.05) is 12.0 Å². The zero-order valence-corrected chi connectivity index (χ0v) is 9.43. The Bertz CT molecular complexity index is 307. The van der Waals surface area contributed by atoms with Crippen LogP contribution >= 0.6 is 0 Å². The van der Waals surface area contributed by atoms with Crippen LogP contribution in [0.3, 0.4) is 0 Å². The lowest BCUT2D eigenvalue weighted by molar-refractivity contribution is -0.119. The zero-order valence-electron chi connectivity index (χ0n) is 9.43. The molecule has 3 heteroatoms. The van der Waals surface area contributed by atoms with Gasteiger partial charge < -0.3 is 4.74 Å². The van der Waals surface area contributed by atoms with Gasteiger partial charge in [-0.3, -0.25) is 9.69 Å². The Morgan fingerprint density at radius 3 is 2.40 bits per heavy atom. The molecule has 0 saturated heterocycles. The van der Waals surface area contributed by atoms with Crippen LogP contribution in [0.1, 0.15) is 20.3 Å². The molecule has 1 aromatic rings. The third kappa shape index (κ3) is 2.80. The first kappa shape index (κ1) is 11.7. The minimum absolute atomic E-state index is 0.00472. The molecule has 1 amide bonds. The summed E-state index contributed by atoms with van der Waals surface area (Å²) in [6, 6.07) is 9.56. The molecule has 0 fully saturated rings. The number of benzene rings is 1. The number of nitrogens with zero attached hydrogens (tertiary/aromatic N) is 1. The molecule has 0 aliphatic heterocycles. The first-order valence-electron chi connectivity index (χ1n) is 5.08. The third-order valence-electron chi connectivity index (χ3n) is 2.28. The highest BCUT2D eigenvalue weighted by Gasteiger charge is 2.20. The van der Waals surface area contributed by atoms with Gasteiger partial charge in [-0.15, -0.1) is 0 Å². The maximum atomic E-state index is 11.5. The van der Waals surface area contributed by atoms with E-state index in [4.69, 9.17) is 4.74 Å². The van der Waals surface area contributed by atoms with Crippen LogP contribution in [-0.2, 0) is 9.53 Å². The minimum Gasteiger partial charge on any atom is -0.361 e. The maximum Gasteiger partial charge on any atom is 0.225 e. The molecule has 0 spiro atoms. The standard InChI is InChI=1S/C12H17NO2/c1-4-12(15-3)13(10(2)14)11-8-6-5-7-9-11/h5-9,12H,4H2,1-3H3. The van der Waals surface area contributed by atoms with E-state index in [9.17, 15) is 4.79 Å². The molecule has 0 heterocycles. The predicted molar refractivity (Wildman–Crippen MR) is 60.7 cm³/mol. The Morgan fingerprint density at radius 2 is 2.00 bits per heavy atom. The molecule has 0 radical (unpaired) electrons. The summed E-state index contributed by atoms with van der Waals surface area (Å²) >= 11 is 0. The topological polar surface area (TPSA) is 29.5 Å². The monoisotopic (exact) mass is 207 g/mol. The molecular formula is C12H17NO2. The molecule has 82 valence electrons. The van der Waals surface area contributed by atoms with E-state index in [1.54, 1.807) is 18.9 Å². The zero-order chi connectivity index (χ0) is 11.3. The van der Waals surface area contributed by atoms with E-state index in [1.165, 1.54) is 0 Å². The molecule has 1 atom stereocenters. The highest BCUT2D eigenvalue weighted by Crippen LogP contribution is 2.18. The molecule has 3 nitrogen and oxygen atoms in total. The number of methoxy groups -OCH3 is 1. The van der Waals surface area contributed by atoms with Gasteiger partial charge in [-0.25, -0.2) is 0 Å². The smallest absolute Gasteiger partial charge is 0.225 e. The summed E-state index contributed by atoms with van der Waals surface area (Å²) < 4.78 is 5.28. The molecule has 1 aromatic carbocycles. The summed E-state index contributed by atoms with van der Waals surface area (Å²) in [6.45, 7) is 3.54. The van der Waals surface area contributed by atoms with E-state index in [0.29, 0.717) is 0 Å². The molecule has 15 heavy (non-hydrogen) atoms. The number of amides is 1. The Kier molecular flexibility index (Phi) is 4.31. The van der Waals surface area contributed by atoms with Crippen molar-refractivity contribution in [3.05, 3.63) is 30.3 Å². The quantitative estimate of drug-likeness (QED) is 0.710. The summed E-state index contributed by atoms with van der Waals surface area (Å²) in [5, 5.41) is 0. The third-order valence-corrected chi connectivity index (χ3v) is 2.28. The fourth-order valence-electron chi connectivity index (χ4n) is 1.59. The van der Waals surface area contributed by atoms with Gasteiger partial charge in [-0.1, -0.05) is 25.1 Å². The molecule has 0 N–H and O–H groups in total. The van der Waals surface area contributed by atoms with Gasteiger partial charge in [0.25, 0.3) is 0 Å². The summed E-state index contributed by atoms with van der Waals surface area (Å²) in [4.78, 5) is 13.2. The van der Waals surface area contributed by atoms with E-state index >= 15 is 0 Å². The van der Waals surface area contributed by atoms with Gasteiger partial charge in [0.1, 0.15) is 6.23 Å². The van der Waals surface area contributed by atoms with Crippen molar-refractivity contribution in [2.24, 2.45) is 0 Å². The van der Waals surface area contributed by atoms with E-state index in [-0.39, 0.29) is 12.1 Å². The highest BCUT2D eigenvalue weighted by molar-refractivity contribution is 5.91. The van der Waals surface area contributed by atoms with Crippen LogP contribution in [0.25, 0.3) is 0 Å². The largest absolute Gasteiger partial charge is 0.361 e. The van der Waals surface area contributed by atoms with Crippen molar-refractivity contribution in [2.45, 2.75) is 26.5 Å². The molecule has 0 aliphatic rings. The number of hydrogen-bond acceptors (Lipinski definition) is 2. The lowest BCUT2D eigenvalue weighted by Gasteiger charge is -2.28. The van der Waals surface area contributed by atoms with Gasteiger partial charge in [0.05, 0.1) is 0 Å². The SMILES string of the molecule is CCC(OC)N(C(C)=O)c1ccccc1. The Hall–Kier alpha value is -1.35. The summed E-state index contributed by atoms with van der Waals surface area (Å²) in [6.07, 6.45) is 0.579. The minimum atomic E-state index is -0.190. The van der Waals surface area contributed by atoms with Crippen molar-refractivity contribution in [3.8, 4) is 0 Å². The van der Waals surface area contributed by atoms with Gasteiger partial charge >= 0.3 is 0 Å². The van der Waals surface area contributed by atoms with Crippen LogP contribution < -0.4 is 4.90 Å². The van der Waals surface area contributed by atoms with Crippen LogP contribution in [0.5, 0.6) is 0 Å². The van der Waals surface area contributed by atoms with Crippen LogP contribution in [0.15, 0.2) is 30.3 Å². The van der Waals surface area contributed by atoms with Crippen LogP contribution in [-0.4, -0.2) is 19.2 Å². The second kappa shape index (κ2) is 5.51. The Labute approximate surface area is 90.7 Å². The lowest BCUT2D eigenvalue weighted by atomic mass is 10.2. The van der Waals surface area contributed by atoms with E-state index < -0.39 is 0 Å². The number of carbonyl (C=O) groups is 1. The summed E-state index contributed by atoms with van der Waals surface area (Å²) in [5.74, 6) is -0.00472. The van der Waals surface area contributed by atoms with Gasteiger partial charge in [0.15, 0.2) is 0 Å². The van der Waals surface area contributed by atoms with Gasteiger partial charge in [0, 0.05) is 19.7 Å². The number of hydrogen-bond donors (Lipinski definition) is 0. The van der Waals surface area contributed by atoms with Gasteiger partial charge in [-0.2, -0.15) is 0 Å². The number of rotatable bonds is 4. The van der Waals surface area contributed by atoms with Gasteiger partial charge in [-0.05, 0) is 18.6 Å². The number of ether oxygens (including phenoxy) is 1. The molecule has 1 unspecified atom stereocenters. The fourth-order valence-corrected chi connectivity index (χ4v) is 1.59. The number of carbonyl (C=O) groups excluding carboxylic acids is 1. The van der Waals surface area contributed by atoms with Crippen molar-refractivity contribution in [3.63, 3.8) is 0 Å². The van der Waals surface area contributed by atoms with Crippen LogP contribution in [0.4, 0.5) is 5.69 Å². The molecule has 0 saturated carbocycles. The summed E-state index contributed by atoms with van der Waals surface area (Å²) in [5.41, 5.74) is 0.874. The van der Waals surface area contributed by atoms with E-state index in [0.717, 1.165) is 12.1 Å². The Morgan fingerprint density at radius 1 is 1.40 bits per heavy atom. The second-order valence-electron chi connectivity index (χ2n) is 3.32. The number of anilines is 1. The Balaban J connectivity index is 2.97. The molecule has 1 rings (SSSR count). The maximum absolute atomic E-state index is 11.5. The van der Waals surface area contributed by atoms with Crippen LogP contribution in [0, 0.1) is 0 Å². The summed E-state index contributed by atoms with van der Waals surface area (Å²) in [7, 11) is 1.62. The molecular weight excluding hydrogens is 190 g/mol. The first-order valence-corrected chi connectivity index (χ1v) is 5.08.